The Balaban J connectivity index is 2.22. The summed E-state index contributed by atoms with van der Waals surface area (Å²) in [5.74, 6) is 1.30. The summed E-state index contributed by atoms with van der Waals surface area (Å²) in [6, 6.07) is 13.6. The summed E-state index contributed by atoms with van der Waals surface area (Å²) < 4.78 is 10.9. The first-order chi connectivity index (χ1) is 11.6. The summed E-state index contributed by atoms with van der Waals surface area (Å²) in [5.41, 5.74) is 1.52. The van der Waals surface area contributed by atoms with Crippen LogP contribution >= 0.6 is 0 Å². The topological polar surface area (TPSA) is 41.9 Å². The first kappa shape index (κ1) is 16.6. The van der Waals surface area contributed by atoms with Gasteiger partial charge in [0.25, 0.3) is 0 Å². The Bertz CT molecular complexity index is 729. The standard InChI is InChI=1S/C20H23NO3/c1-4-11-21-12-10-15-13-18(23-2)19(24-3)14-17(15)20(21,22)16-8-6-5-7-9-16/h4-9,13-14,22H,1,10-12H2,2-3H3. The molecule has 4 heteroatoms. The SMILES string of the molecule is C=CCN1CCc2cc(OC)c(OC)cc2C1(O)c1ccccc1. The smallest absolute Gasteiger partial charge is 0.171 e. The molecule has 0 amide bonds. The molecule has 4 nitrogen and oxygen atoms in total. The molecule has 1 unspecified atom stereocenters. The normalized spacial score (nSPS) is 20.3. The predicted molar refractivity (Wildman–Crippen MR) is 94.5 cm³/mol. The van der Waals surface area contributed by atoms with Crippen molar-refractivity contribution in [2.45, 2.75) is 12.1 Å². The fraction of sp³-hybridized carbons (Fsp3) is 0.300. The molecule has 0 bridgehead atoms. The molecule has 2 aromatic rings. The minimum atomic E-state index is -1.22. The van der Waals surface area contributed by atoms with Crippen molar-refractivity contribution in [3.05, 3.63) is 71.8 Å². The van der Waals surface area contributed by atoms with Crippen molar-refractivity contribution in [1.29, 1.82) is 0 Å². The number of methoxy groups -OCH3 is 2. The van der Waals surface area contributed by atoms with Crippen LogP contribution in [0, 0.1) is 0 Å². The van der Waals surface area contributed by atoms with Crippen LogP contribution in [0.15, 0.2) is 55.1 Å². The summed E-state index contributed by atoms with van der Waals surface area (Å²) >= 11 is 0. The van der Waals surface area contributed by atoms with Gasteiger partial charge in [0.15, 0.2) is 17.2 Å². The van der Waals surface area contributed by atoms with Gasteiger partial charge in [0, 0.05) is 24.2 Å². The zero-order valence-corrected chi connectivity index (χ0v) is 14.2. The fourth-order valence-electron chi connectivity index (χ4n) is 3.43. The molecule has 1 N–H and O–H groups in total. The Morgan fingerprint density at radius 3 is 2.46 bits per heavy atom. The maximum Gasteiger partial charge on any atom is 0.171 e. The van der Waals surface area contributed by atoms with Crippen molar-refractivity contribution in [2.24, 2.45) is 0 Å². The molecular weight excluding hydrogens is 302 g/mol. The Hall–Kier alpha value is -2.30. The predicted octanol–water partition coefficient (Wildman–Crippen LogP) is 2.94. The Labute approximate surface area is 142 Å². The van der Waals surface area contributed by atoms with Crippen LogP contribution in [-0.4, -0.2) is 37.3 Å². The molecule has 0 saturated heterocycles. The number of benzene rings is 2. The van der Waals surface area contributed by atoms with Gasteiger partial charge in [0.1, 0.15) is 0 Å². The molecule has 2 aromatic carbocycles. The third kappa shape index (κ3) is 2.58. The zero-order chi connectivity index (χ0) is 17.2. The highest BCUT2D eigenvalue weighted by Crippen LogP contribution is 2.43. The van der Waals surface area contributed by atoms with Crippen LogP contribution in [0.5, 0.6) is 11.5 Å². The van der Waals surface area contributed by atoms with E-state index in [-0.39, 0.29) is 0 Å². The van der Waals surface area contributed by atoms with Gasteiger partial charge in [-0.3, -0.25) is 4.90 Å². The van der Waals surface area contributed by atoms with Crippen LogP contribution in [0.25, 0.3) is 0 Å². The van der Waals surface area contributed by atoms with Gasteiger partial charge >= 0.3 is 0 Å². The molecule has 0 aliphatic carbocycles. The number of hydrogen-bond donors (Lipinski definition) is 1. The van der Waals surface area contributed by atoms with Gasteiger partial charge in [-0.25, -0.2) is 0 Å². The lowest BCUT2D eigenvalue weighted by molar-refractivity contribution is -0.0821. The fourth-order valence-corrected chi connectivity index (χ4v) is 3.43. The second kappa shape index (κ2) is 6.67. The van der Waals surface area contributed by atoms with Crippen LogP contribution in [0.2, 0.25) is 0 Å². The number of ether oxygens (including phenoxy) is 2. The lowest BCUT2D eigenvalue weighted by Gasteiger charge is -2.44. The number of nitrogens with zero attached hydrogens (tertiary/aromatic N) is 1. The third-order valence-electron chi connectivity index (χ3n) is 4.62. The van der Waals surface area contributed by atoms with E-state index < -0.39 is 5.72 Å². The molecule has 0 fully saturated rings. The van der Waals surface area contributed by atoms with E-state index in [0.29, 0.717) is 18.0 Å². The van der Waals surface area contributed by atoms with Gasteiger partial charge < -0.3 is 14.6 Å². The van der Waals surface area contributed by atoms with Crippen LogP contribution < -0.4 is 9.47 Å². The van der Waals surface area contributed by atoms with Crippen molar-refractivity contribution in [3.63, 3.8) is 0 Å². The van der Waals surface area contributed by atoms with Gasteiger partial charge in [-0.2, -0.15) is 0 Å². The minimum Gasteiger partial charge on any atom is -0.493 e. The van der Waals surface area contributed by atoms with E-state index in [1.54, 1.807) is 14.2 Å². The van der Waals surface area contributed by atoms with Crippen LogP contribution in [0.1, 0.15) is 16.7 Å². The summed E-state index contributed by atoms with van der Waals surface area (Å²) in [5, 5.41) is 11.8. The van der Waals surface area contributed by atoms with Gasteiger partial charge in [-0.05, 0) is 24.1 Å². The summed E-state index contributed by atoms with van der Waals surface area (Å²) in [6.07, 6.45) is 2.65. The largest absolute Gasteiger partial charge is 0.493 e. The second-order valence-electron chi connectivity index (χ2n) is 5.89. The van der Waals surface area contributed by atoms with E-state index in [1.807, 2.05) is 53.4 Å². The molecule has 0 saturated carbocycles. The summed E-state index contributed by atoms with van der Waals surface area (Å²) in [7, 11) is 3.23. The van der Waals surface area contributed by atoms with Gasteiger partial charge in [-0.15, -0.1) is 6.58 Å². The number of rotatable bonds is 5. The first-order valence-corrected chi connectivity index (χ1v) is 8.04. The van der Waals surface area contributed by atoms with E-state index in [1.165, 1.54) is 0 Å². The summed E-state index contributed by atoms with van der Waals surface area (Å²) in [4.78, 5) is 2.03. The van der Waals surface area contributed by atoms with E-state index in [4.69, 9.17) is 9.47 Å². The number of hydrogen-bond acceptors (Lipinski definition) is 4. The molecule has 0 spiro atoms. The van der Waals surface area contributed by atoms with Gasteiger partial charge in [0.05, 0.1) is 14.2 Å². The zero-order valence-electron chi connectivity index (χ0n) is 14.2. The quantitative estimate of drug-likeness (QED) is 0.858. The third-order valence-corrected chi connectivity index (χ3v) is 4.62. The van der Waals surface area contributed by atoms with E-state index in [9.17, 15) is 5.11 Å². The lowest BCUT2D eigenvalue weighted by Crippen LogP contribution is -2.51. The van der Waals surface area contributed by atoms with E-state index in [0.717, 1.165) is 29.7 Å². The van der Waals surface area contributed by atoms with Crippen LogP contribution in [0.4, 0.5) is 0 Å². The van der Waals surface area contributed by atoms with Gasteiger partial charge in [0.2, 0.25) is 0 Å². The van der Waals surface area contributed by atoms with Crippen molar-refractivity contribution in [3.8, 4) is 11.5 Å². The average Bonchev–Trinajstić information content (AvgIpc) is 2.64. The Morgan fingerprint density at radius 1 is 1.17 bits per heavy atom. The molecule has 1 heterocycles. The van der Waals surface area contributed by atoms with Crippen LogP contribution in [0.3, 0.4) is 0 Å². The maximum atomic E-state index is 11.8. The summed E-state index contributed by atoms with van der Waals surface area (Å²) in [6.45, 7) is 5.17. The van der Waals surface area contributed by atoms with Crippen molar-refractivity contribution in [2.75, 3.05) is 27.3 Å². The molecule has 0 radical (unpaired) electrons. The number of fused-ring (bicyclic) bond motifs is 1. The molecule has 24 heavy (non-hydrogen) atoms. The van der Waals surface area contributed by atoms with E-state index in [2.05, 4.69) is 6.58 Å². The molecule has 126 valence electrons. The highest BCUT2D eigenvalue weighted by atomic mass is 16.5. The molecule has 1 aliphatic rings. The number of aliphatic hydroxyl groups is 1. The maximum absolute atomic E-state index is 11.8. The monoisotopic (exact) mass is 325 g/mol. The first-order valence-electron chi connectivity index (χ1n) is 8.04. The van der Waals surface area contributed by atoms with E-state index >= 15 is 0 Å². The lowest BCUT2D eigenvalue weighted by atomic mass is 9.84. The van der Waals surface area contributed by atoms with Crippen LogP contribution in [-0.2, 0) is 12.1 Å². The minimum absolute atomic E-state index is 0.596. The molecule has 0 aromatic heterocycles. The molecule has 1 atom stereocenters. The molecule has 3 rings (SSSR count). The average molecular weight is 325 g/mol. The van der Waals surface area contributed by atoms with Crippen molar-refractivity contribution in [1.82, 2.24) is 4.90 Å². The molecule has 1 aliphatic heterocycles. The highest BCUT2D eigenvalue weighted by Gasteiger charge is 2.42. The van der Waals surface area contributed by atoms with Gasteiger partial charge in [-0.1, -0.05) is 36.4 Å². The van der Waals surface area contributed by atoms with Crippen molar-refractivity contribution < 1.29 is 14.6 Å². The Morgan fingerprint density at radius 2 is 1.83 bits per heavy atom. The molecular formula is C20H23NO3. The van der Waals surface area contributed by atoms with Crippen molar-refractivity contribution >= 4 is 0 Å². The Kier molecular flexibility index (Phi) is 4.60. The second-order valence-corrected chi connectivity index (χ2v) is 5.89. The highest BCUT2D eigenvalue weighted by molar-refractivity contribution is 5.53.